The van der Waals surface area contributed by atoms with E-state index in [1.165, 1.54) is 110 Å². The first-order valence-corrected chi connectivity index (χ1v) is 19.7. The Bertz CT molecular complexity index is 1790. The minimum atomic E-state index is -0.181. The smallest absolute Gasteiger partial charge is 1.00 e. The van der Waals surface area contributed by atoms with E-state index in [9.17, 15) is 0 Å². The van der Waals surface area contributed by atoms with Crippen molar-refractivity contribution in [1.82, 2.24) is 28.7 Å². The number of allylic oxidation sites excluding steroid dienone is 4. The molecule has 0 spiro atoms. The molecular formula is C42H56Cs2N6O5. The standard InChI is InChI=1S/2C20H25N3O.CH2O3.CH4.2Cs.H/c2*1-2-4-15(5-3-1)18-13-23-19(22-18)12-21-17-7-6-16(20(17)23)14-8-10-24-11-9-14;2-1-4-3;;;;/h2*6,12-15H,1-5,7-11H2;1,3H;1H4;;;/q;;;;2*+1;-1/p-1. The van der Waals surface area contributed by atoms with Crippen LogP contribution in [0.25, 0.3) is 22.4 Å². The Balaban J connectivity index is 0.000000213. The minimum absolute atomic E-state index is 0. The van der Waals surface area contributed by atoms with E-state index in [0.29, 0.717) is 23.7 Å². The number of fused-ring (bicyclic) bond motifs is 6. The number of ether oxygens (including phenoxy) is 2. The third-order valence-electron chi connectivity index (χ3n) is 12.2. The summed E-state index contributed by atoms with van der Waals surface area (Å²) in [5.41, 5.74) is 12.7. The number of nitrogens with zero attached hydrogens (tertiary/aromatic N) is 6. The summed E-state index contributed by atoms with van der Waals surface area (Å²) < 4.78 is 15.8. The first kappa shape index (κ1) is 46.2. The second-order valence-electron chi connectivity index (χ2n) is 15.3. The monoisotopic (exact) mass is 990 g/mol. The van der Waals surface area contributed by atoms with E-state index in [4.69, 9.17) is 39.5 Å². The molecule has 2 aliphatic heterocycles. The maximum Gasteiger partial charge on any atom is 1.00 e. The molecule has 0 bridgehead atoms. The molecule has 10 rings (SSSR count). The number of hydrogen-bond acceptors (Lipinski definition) is 9. The van der Waals surface area contributed by atoms with E-state index in [0.717, 1.165) is 76.2 Å². The summed E-state index contributed by atoms with van der Waals surface area (Å²) in [4.78, 5) is 30.6. The quantitative estimate of drug-likeness (QED) is 0.166. The average molecular weight is 991 g/mol. The van der Waals surface area contributed by atoms with Gasteiger partial charge in [0.05, 0.1) is 46.6 Å². The molecule has 4 aromatic rings. The number of aromatic nitrogens is 6. The van der Waals surface area contributed by atoms with Crippen LogP contribution in [-0.4, -0.2) is 61.6 Å². The molecule has 0 unspecified atom stereocenters. The molecule has 11 nitrogen and oxygen atoms in total. The molecular weight excluding hydrogens is 934 g/mol. The van der Waals surface area contributed by atoms with E-state index in [2.05, 4.69) is 38.2 Å². The number of carbonyl (C=O) groups is 1. The first-order chi connectivity index (χ1) is 25.7. The van der Waals surface area contributed by atoms with Crippen LogP contribution in [0.2, 0.25) is 0 Å². The molecule has 4 aliphatic carbocycles. The molecule has 0 amide bonds. The Morgan fingerprint density at radius 1 is 0.636 bits per heavy atom. The SMILES string of the molecule is C.C1=C(C2CCOCC2)c2c(ncc3nc(C4CCCCC4)cn23)C1.C1=C(C2CCOCC2)c2c(ncc3nc(C4CCCCC4)cn23)C1.O=CO[O-].[Cs+].[Cs+].[H-]. The minimum Gasteiger partial charge on any atom is -1.00 e. The van der Waals surface area contributed by atoms with Crippen LogP contribution in [0, 0.1) is 11.8 Å². The number of hydrogen-bond donors (Lipinski definition) is 0. The Morgan fingerprint density at radius 3 is 1.38 bits per heavy atom. The Morgan fingerprint density at radius 2 is 1.02 bits per heavy atom. The maximum absolute atomic E-state index is 8.64. The van der Waals surface area contributed by atoms with Crippen LogP contribution in [0.3, 0.4) is 0 Å². The fraction of sp³-hybridized carbons (Fsp3) is 0.595. The summed E-state index contributed by atoms with van der Waals surface area (Å²) in [7, 11) is 0. The molecule has 286 valence electrons. The van der Waals surface area contributed by atoms with Crippen LogP contribution in [-0.2, 0) is 32.0 Å². The van der Waals surface area contributed by atoms with Gasteiger partial charge in [-0.3, -0.25) is 23.6 Å². The van der Waals surface area contributed by atoms with Gasteiger partial charge in [0, 0.05) is 63.5 Å². The van der Waals surface area contributed by atoms with Gasteiger partial charge in [-0.15, -0.1) is 0 Å². The van der Waals surface area contributed by atoms with Crippen LogP contribution in [0.5, 0.6) is 0 Å². The topological polar surface area (TPSA) is 128 Å². The molecule has 4 aromatic heterocycles. The van der Waals surface area contributed by atoms with Crippen molar-refractivity contribution < 1.29 is 164 Å². The van der Waals surface area contributed by atoms with Crippen molar-refractivity contribution in [1.29, 1.82) is 0 Å². The number of rotatable bonds is 5. The van der Waals surface area contributed by atoms with Gasteiger partial charge < -0.3 is 21.0 Å². The van der Waals surface area contributed by atoms with Crippen molar-refractivity contribution in [3.05, 3.63) is 71.1 Å². The summed E-state index contributed by atoms with van der Waals surface area (Å²) in [6.45, 7) is 3.37. The Hall–Kier alpha value is 0.174. The van der Waals surface area contributed by atoms with E-state index in [1.54, 1.807) is 0 Å². The Labute approximate surface area is 444 Å². The zero-order valence-corrected chi connectivity index (χ0v) is 44.8. The van der Waals surface area contributed by atoms with Gasteiger partial charge in [0.15, 0.2) is 11.3 Å². The van der Waals surface area contributed by atoms with E-state index >= 15 is 0 Å². The molecule has 55 heavy (non-hydrogen) atoms. The molecule has 0 atom stereocenters. The summed E-state index contributed by atoms with van der Waals surface area (Å²) in [6, 6.07) is 0. The van der Waals surface area contributed by atoms with Crippen LogP contribution in [0.1, 0.15) is 145 Å². The van der Waals surface area contributed by atoms with Gasteiger partial charge in [0.1, 0.15) is 0 Å². The molecule has 0 radical (unpaired) electrons. The zero-order valence-electron chi connectivity index (χ0n) is 33.2. The molecule has 0 N–H and O–H groups in total. The molecule has 13 heteroatoms. The van der Waals surface area contributed by atoms with Gasteiger partial charge in [-0.25, -0.2) is 9.97 Å². The zero-order chi connectivity index (χ0) is 35.3. The fourth-order valence-electron chi connectivity index (χ4n) is 9.48. The van der Waals surface area contributed by atoms with Gasteiger partial charge >= 0.3 is 138 Å². The molecule has 6 heterocycles. The van der Waals surface area contributed by atoms with Crippen LogP contribution in [0.15, 0.2) is 36.9 Å². The van der Waals surface area contributed by atoms with E-state index < -0.39 is 0 Å². The summed E-state index contributed by atoms with van der Waals surface area (Å²) >= 11 is 0. The Kier molecular flexibility index (Phi) is 19.1. The third-order valence-corrected chi connectivity index (χ3v) is 12.2. The van der Waals surface area contributed by atoms with Crippen molar-refractivity contribution in [2.24, 2.45) is 11.8 Å². The second-order valence-corrected chi connectivity index (χ2v) is 15.3. The summed E-state index contributed by atoms with van der Waals surface area (Å²) in [6.07, 6.45) is 33.1. The van der Waals surface area contributed by atoms with Crippen LogP contribution in [0.4, 0.5) is 0 Å². The van der Waals surface area contributed by atoms with Crippen molar-refractivity contribution in [2.45, 2.75) is 122 Å². The predicted molar refractivity (Wildman–Crippen MR) is 203 cm³/mol. The fourth-order valence-corrected chi connectivity index (χ4v) is 9.48. The third kappa shape index (κ3) is 10.7. The largest absolute Gasteiger partial charge is 1.00 e. The summed E-state index contributed by atoms with van der Waals surface area (Å²) in [5, 5.41) is 8.43. The molecule has 6 aliphatic rings. The van der Waals surface area contributed by atoms with Crippen LogP contribution >= 0.6 is 0 Å². The van der Waals surface area contributed by atoms with Gasteiger partial charge in [0.25, 0.3) is 6.47 Å². The van der Waals surface area contributed by atoms with Crippen molar-refractivity contribution >= 4 is 28.9 Å². The normalized spacial score (nSPS) is 20.2. The first-order valence-electron chi connectivity index (χ1n) is 19.7. The second kappa shape index (κ2) is 22.7. The van der Waals surface area contributed by atoms with Crippen LogP contribution < -0.4 is 143 Å². The van der Waals surface area contributed by atoms with Gasteiger partial charge in [-0.2, -0.15) is 0 Å². The molecule has 2 saturated heterocycles. The van der Waals surface area contributed by atoms with Crippen molar-refractivity contribution in [3.8, 4) is 0 Å². The van der Waals surface area contributed by atoms with E-state index in [1.807, 2.05) is 12.4 Å². The number of carbonyl (C=O) groups excluding carboxylic acids is 1. The van der Waals surface area contributed by atoms with Gasteiger partial charge in [-0.1, -0.05) is 58.1 Å². The predicted octanol–water partition coefficient (Wildman–Crippen LogP) is 1.48. The number of imidazole rings is 2. The molecule has 4 fully saturated rings. The molecule has 2 saturated carbocycles. The van der Waals surface area contributed by atoms with Gasteiger partial charge in [0.2, 0.25) is 0 Å². The van der Waals surface area contributed by atoms with Crippen molar-refractivity contribution in [3.63, 3.8) is 0 Å². The van der Waals surface area contributed by atoms with Crippen molar-refractivity contribution in [2.75, 3.05) is 26.4 Å². The molecule has 0 aromatic carbocycles. The maximum atomic E-state index is 8.64. The summed E-state index contributed by atoms with van der Waals surface area (Å²) in [5.74, 6) is 2.53. The van der Waals surface area contributed by atoms with Gasteiger partial charge in [-0.05, 0) is 74.3 Å². The average Bonchev–Trinajstić information content (AvgIpc) is 4.03. The van der Waals surface area contributed by atoms with E-state index in [-0.39, 0.29) is 153 Å².